The van der Waals surface area contributed by atoms with E-state index in [0.29, 0.717) is 17.9 Å². The number of halogens is 1. The molecule has 0 bridgehead atoms. The Balaban J connectivity index is 2.13. The lowest BCUT2D eigenvalue weighted by molar-refractivity contribution is 0.471. The van der Waals surface area contributed by atoms with Crippen LogP contribution in [0.1, 0.15) is 18.9 Å². The fourth-order valence-corrected chi connectivity index (χ4v) is 2.64. The third-order valence-electron chi connectivity index (χ3n) is 3.96. The molecular weight excluding hydrogens is 319 g/mol. The molecule has 6 heteroatoms. The largest absolute Gasteiger partial charge is 0.507 e. The van der Waals surface area contributed by atoms with Gasteiger partial charge in [0.25, 0.3) is 0 Å². The number of nitrogens with two attached hydrogens (primary N) is 1. The number of aromatic nitrogens is 2. The van der Waals surface area contributed by atoms with Crippen LogP contribution >= 0.6 is 0 Å². The number of benzene rings is 2. The Morgan fingerprint density at radius 2 is 2.04 bits per heavy atom. The number of rotatable bonds is 5. The van der Waals surface area contributed by atoms with Crippen molar-refractivity contribution in [3.8, 4) is 17.1 Å². The monoisotopic (exact) mass is 340 g/mol. The van der Waals surface area contributed by atoms with Crippen LogP contribution in [0.5, 0.6) is 5.75 Å². The van der Waals surface area contributed by atoms with Crippen LogP contribution in [0.4, 0.5) is 10.2 Å². The number of aryl methyl sites for hydroxylation is 1. The molecule has 0 saturated carbocycles. The van der Waals surface area contributed by atoms with Gasteiger partial charge in [0.15, 0.2) is 5.82 Å². The van der Waals surface area contributed by atoms with Crippen LogP contribution in [-0.2, 0) is 0 Å². The van der Waals surface area contributed by atoms with Crippen molar-refractivity contribution in [2.24, 2.45) is 5.73 Å². The molecule has 0 fully saturated rings. The zero-order chi connectivity index (χ0) is 18.0. The van der Waals surface area contributed by atoms with Crippen LogP contribution in [0, 0.1) is 12.7 Å². The molecule has 2 aromatic carbocycles. The lowest BCUT2D eigenvalue weighted by Crippen LogP contribution is -2.19. The zero-order valence-corrected chi connectivity index (χ0v) is 14.3. The van der Waals surface area contributed by atoms with Gasteiger partial charge in [0.05, 0.1) is 11.1 Å². The first-order valence-corrected chi connectivity index (χ1v) is 8.21. The molecule has 130 valence electrons. The molecule has 0 amide bonds. The highest BCUT2D eigenvalue weighted by atomic mass is 19.1. The fraction of sp³-hybridized carbons (Fsp3) is 0.263. The Morgan fingerprint density at radius 1 is 1.24 bits per heavy atom. The third kappa shape index (κ3) is 3.69. The number of nitrogens with one attached hydrogen (secondary N) is 1. The molecule has 25 heavy (non-hydrogen) atoms. The van der Waals surface area contributed by atoms with Gasteiger partial charge in [-0.15, -0.1) is 0 Å². The minimum atomic E-state index is -0.562. The lowest BCUT2D eigenvalue weighted by Gasteiger charge is -2.13. The van der Waals surface area contributed by atoms with E-state index < -0.39 is 5.82 Å². The normalized spacial score (nSPS) is 12.3. The number of anilines is 1. The van der Waals surface area contributed by atoms with Gasteiger partial charge in [0.2, 0.25) is 0 Å². The summed E-state index contributed by atoms with van der Waals surface area (Å²) in [5.41, 5.74) is 7.52. The number of aromatic hydroxyl groups is 1. The second kappa shape index (κ2) is 7.03. The van der Waals surface area contributed by atoms with Crippen LogP contribution in [0.3, 0.4) is 0 Å². The lowest BCUT2D eigenvalue weighted by atomic mass is 10.1. The summed E-state index contributed by atoms with van der Waals surface area (Å²) < 4.78 is 14.2. The highest BCUT2D eigenvalue weighted by Crippen LogP contribution is 2.32. The second-order valence-corrected chi connectivity index (χ2v) is 6.24. The van der Waals surface area contributed by atoms with E-state index in [0.717, 1.165) is 17.4 Å². The van der Waals surface area contributed by atoms with Crippen molar-refractivity contribution in [2.75, 3.05) is 11.9 Å². The van der Waals surface area contributed by atoms with Crippen molar-refractivity contribution in [3.05, 3.63) is 47.8 Å². The smallest absolute Gasteiger partial charge is 0.168 e. The van der Waals surface area contributed by atoms with Gasteiger partial charge in [-0.05, 0) is 50.1 Å². The highest BCUT2D eigenvalue weighted by molar-refractivity contribution is 5.91. The Hall–Kier alpha value is -2.73. The van der Waals surface area contributed by atoms with E-state index in [1.807, 2.05) is 32.0 Å². The molecule has 3 rings (SSSR count). The van der Waals surface area contributed by atoms with Crippen molar-refractivity contribution in [1.82, 2.24) is 9.97 Å². The molecule has 1 unspecified atom stereocenters. The van der Waals surface area contributed by atoms with E-state index >= 15 is 0 Å². The van der Waals surface area contributed by atoms with E-state index in [-0.39, 0.29) is 23.2 Å². The van der Waals surface area contributed by atoms with E-state index in [4.69, 9.17) is 5.73 Å². The van der Waals surface area contributed by atoms with Crippen LogP contribution < -0.4 is 11.1 Å². The van der Waals surface area contributed by atoms with Gasteiger partial charge >= 0.3 is 0 Å². The first-order valence-electron chi connectivity index (χ1n) is 8.21. The van der Waals surface area contributed by atoms with Gasteiger partial charge in [-0.1, -0.05) is 12.1 Å². The van der Waals surface area contributed by atoms with Crippen LogP contribution in [-0.4, -0.2) is 27.7 Å². The van der Waals surface area contributed by atoms with Crippen molar-refractivity contribution >= 4 is 16.7 Å². The summed E-state index contributed by atoms with van der Waals surface area (Å²) >= 11 is 0. The predicted octanol–water partition coefficient (Wildman–Crippen LogP) is 3.60. The van der Waals surface area contributed by atoms with Crippen molar-refractivity contribution in [1.29, 1.82) is 0 Å². The van der Waals surface area contributed by atoms with Gasteiger partial charge in [-0.2, -0.15) is 0 Å². The molecule has 1 heterocycles. The van der Waals surface area contributed by atoms with Crippen molar-refractivity contribution in [3.63, 3.8) is 0 Å². The fourth-order valence-electron chi connectivity index (χ4n) is 2.64. The minimum Gasteiger partial charge on any atom is -0.507 e. The number of hydrogen-bond donors (Lipinski definition) is 3. The molecule has 4 N–H and O–H groups in total. The first-order chi connectivity index (χ1) is 12.0. The average Bonchev–Trinajstić information content (AvgIpc) is 2.54. The maximum absolute atomic E-state index is 14.2. The first kappa shape index (κ1) is 17.1. The van der Waals surface area contributed by atoms with E-state index in [1.54, 1.807) is 0 Å². The van der Waals surface area contributed by atoms with Crippen LogP contribution in [0.2, 0.25) is 0 Å². The van der Waals surface area contributed by atoms with Crippen LogP contribution in [0.25, 0.3) is 22.3 Å². The zero-order valence-electron chi connectivity index (χ0n) is 14.3. The number of hydrogen-bond acceptors (Lipinski definition) is 5. The Kier molecular flexibility index (Phi) is 4.81. The molecular formula is C19H21FN4O. The molecule has 0 radical (unpaired) electrons. The second-order valence-electron chi connectivity index (χ2n) is 6.24. The van der Waals surface area contributed by atoms with E-state index in [1.165, 1.54) is 18.2 Å². The topological polar surface area (TPSA) is 84.1 Å². The molecule has 3 aromatic rings. The quantitative estimate of drug-likeness (QED) is 0.661. The van der Waals surface area contributed by atoms with Crippen LogP contribution in [0.15, 0.2) is 36.4 Å². The molecule has 0 saturated heterocycles. The maximum Gasteiger partial charge on any atom is 0.168 e. The highest BCUT2D eigenvalue weighted by Gasteiger charge is 2.16. The number of fused-ring (bicyclic) bond motifs is 1. The number of phenols is 1. The molecule has 0 aliphatic carbocycles. The summed E-state index contributed by atoms with van der Waals surface area (Å²) in [6.07, 6.45) is 0.775. The summed E-state index contributed by atoms with van der Waals surface area (Å²) in [4.78, 5) is 8.91. The van der Waals surface area contributed by atoms with Crippen molar-refractivity contribution < 1.29 is 9.50 Å². The predicted molar refractivity (Wildman–Crippen MR) is 98.1 cm³/mol. The van der Waals surface area contributed by atoms with Gasteiger partial charge in [0.1, 0.15) is 17.4 Å². The van der Waals surface area contributed by atoms with Gasteiger partial charge in [-0.25, -0.2) is 14.4 Å². The third-order valence-corrected chi connectivity index (χ3v) is 3.96. The van der Waals surface area contributed by atoms with Crippen molar-refractivity contribution in [2.45, 2.75) is 26.3 Å². The van der Waals surface area contributed by atoms with Gasteiger partial charge in [-0.3, -0.25) is 0 Å². The van der Waals surface area contributed by atoms with E-state index in [2.05, 4.69) is 15.3 Å². The summed E-state index contributed by atoms with van der Waals surface area (Å²) in [6, 6.07) is 10.0. The summed E-state index contributed by atoms with van der Waals surface area (Å²) in [7, 11) is 0. The number of phenolic OH excluding ortho intramolecular Hbond substituents is 1. The molecule has 1 aromatic heterocycles. The average molecular weight is 340 g/mol. The summed E-state index contributed by atoms with van der Waals surface area (Å²) in [5.74, 6) is 0.00219. The Bertz CT molecular complexity index is 891. The summed E-state index contributed by atoms with van der Waals surface area (Å²) in [6.45, 7) is 4.54. The molecule has 0 aliphatic rings. The molecule has 0 spiro atoms. The summed E-state index contributed by atoms with van der Waals surface area (Å²) in [5, 5.41) is 14.1. The Morgan fingerprint density at radius 3 is 2.76 bits per heavy atom. The molecule has 1 atom stereocenters. The maximum atomic E-state index is 14.2. The minimum absolute atomic E-state index is 0.00106. The van der Waals surface area contributed by atoms with Gasteiger partial charge < -0.3 is 16.2 Å². The number of nitrogens with zero attached hydrogens (tertiary/aromatic N) is 2. The molecule has 5 nitrogen and oxygen atoms in total. The van der Waals surface area contributed by atoms with E-state index in [9.17, 15) is 9.50 Å². The standard InChI is InChI=1S/C19H21FN4O/c1-11-6-7-13-15(10-11)23-19(17-14(20)4-3-5-16(17)25)24-18(13)22-9-8-12(2)21/h3-7,10,12,25H,8-9,21H2,1-2H3,(H,22,23,24). The SMILES string of the molecule is Cc1ccc2c(NCCC(C)N)nc(-c3c(O)cccc3F)nc2c1. The molecule has 0 aliphatic heterocycles. The van der Waals surface area contributed by atoms with Gasteiger partial charge in [0, 0.05) is 18.0 Å². The Labute approximate surface area is 145 Å².